The zero-order valence-corrected chi connectivity index (χ0v) is 31.6. The molecule has 55 heavy (non-hydrogen) atoms. The van der Waals surface area contributed by atoms with Gasteiger partial charge in [-0.05, 0) is 131 Å². The molecule has 2 nitrogen and oxygen atoms in total. The van der Waals surface area contributed by atoms with Gasteiger partial charge in [-0.3, -0.25) is 0 Å². The molecule has 1 spiro atoms. The minimum absolute atomic E-state index is 0.0870. The van der Waals surface area contributed by atoms with E-state index >= 15 is 0 Å². The highest BCUT2D eigenvalue weighted by Gasteiger charge is 2.56. The first kappa shape index (κ1) is 32.6. The van der Waals surface area contributed by atoms with Gasteiger partial charge in [0.25, 0.3) is 0 Å². The van der Waals surface area contributed by atoms with E-state index in [9.17, 15) is 0 Å². The third kappa shape index (κ3) is 5.00. The Morgan fingerprint density at radius 2 is 1.16 bits per heavy atom. The van der Waals surface area contributed by atoms with E-state index in [2.05, 4.69) is 176 Å². The number of para-hydroxylation sites is 2. The van der Waals surface area contributed by atoms with Gasteiger partial charge < -0.3 is 9.32 Å². The molecule has 0 N–H and O–H groups in total. The predicted molar refractivity (Wildman–Crippen MR) is 229 cm³/mol. The number of hydrogen-bond donors (Lipinski definition) is 0. The van der Waals surface area contributed by atoms with Gasteiger partial charge in [0, 0.05) is 39.2 Å². The molecular weight excluding hydrogens is 667 g/mol. The van der Waals surface area contributed by atoms with Crippen LogP contribution in [0.4, 0.5) is 17.1 Å². The maximum absolute atomic E-state index is 6.46. The average Bonchev–Trinajstić information content (AvgIpc) is 3.74. The molecule has 2 saturated carbocycles. The van der Waals surface area contributed by atoms with Gasteiger partial charge in [-0.1, -0.05) is 129 Å². The third-order valence-electron chi connectivity index (χ3n) is 13.6. The smallest absolute Gasteiger partial charge is 0.137 e. The monoisotopic (exact) mass is 711 g/mol. The molecule has 0 radical (unpaired) electrons. The quantitative estimate of drug-likeness (QED) is 0.177. The summed E-state index contributed by atoms with van der Waals surface area (Å²) in [6.45, 7) is 5.06. The number of nitrogens with zero attached hydrogens (tertiary/aromatic N) is 1. The number of rotatable bonds is 5. The molecule has 2 bridgehead atoms. The zero-order valence-electron chi connectivity index (χ0n) is 31.6. The summed E-state index contributed by atoms with van der Waals surface area (Å²) in [6.07, 6.45) is 5.41. The summed E-state index contributed by atoms with van der Waals surface area (Å²) in [5.74, 6) is 2.96. The van der Waals surface area contributed by atoms with Crippen LogP contribution in [0.1, 0.15) is 50.7 Å². The van der Waals surface area contributed by atoms with Crippen molar-refractivity contribution in [3.05, 3.63) is 175 Å². The van der Waals surface area contributed by atoms with Crippen LogP contribution in [0.3, 0.4) is 0 Å². The summed E-state index contributed by atoms with van der Waals surface area (Å²) in [7, 11) is 0. The van der Waals surface area contributed by atoms with Gasteiger partial charge in [0.1, 0.15) is 11.2 Å². The molecule has 0 saturated heterocycles. The lowest BCUT2D eigenvalue weighted by Gasteiger charge is -2.54. The van der Waals surface area contributed by atoms with E-state index < -0.39 is 0 Å². The van der Waals surface area contributed by atoms with Crippen molar-refractivity contribution < 1.29 is 4.42 Å². The maximum atomic E-state index is 6.46. The van der Waals surface area contributed by atoms with E-state index in [-0.39, 0.29) is 5.41 Å². The lowest BCUT2D eigenvalue weighted by Crippen LogP contribution is -2.49. The van der Waals surface area contributed by atoms with Crippen molar-refractivity contribution in [2.75, 3.05) is 4.90 Å². The van der Waals surface area contributed by atoms with Gasteiger partial charge in [-0.15, -0.1) is 0 Å². The minimum atomic E-state index is 0.0870. The highest BCUT2D eigenvalue weighted by molar-refractivity contribution is 6.06. The Labute approximate surface area is 324 Å². The molecule has 1 aromatic heterocycles. The van der Waals surface area contributed by atoms with Crippen molar-refractivity contribution in [3.8, 4) is 33.4 Å². The number of fused-ring (bicyclic) bond motifs is 11. The molecule has 7 aromatic carbocycles. The van der Waals surface area contributed by atoms with Gasteiger partial charge >= 0.3 is 0 Å². The SMILES string of the molecule is CC1CC2CC(C)C3(c4ccccc4-c4cc(-c5ccccc5N(c5ccc(-c6ccccc6)cc5)c5ccc6c(c5)oc5ccccc56)ccc43)C(C1)C2. The molecule has 3 aliphatic rings. The average molecular weight is 712 g/mol. The molecule has 11 rings (SSSR count). The topological polar surface area (TPSA) is 16.4 Å². The van der Waals surface area contributed by atoms with Crippen molar-refractivity contribution in [1.29, 1.82) is 0 Å². The summed E-state index contributed by atoms with van der Waals surface area (Å²) >= 11 is 0. The van der Waals surface area contributed by atoms with Crippen LogP contribution in [-0.2, 0) is 5.41 Å². The summed E-state index contributed by atoms with van der Waals surface area (Å²) in [5, 5.41) is 2.28. The van der Waals surface area contributed by atoms with Gasteiger partial charge in [0.05, 0.1) is 5.69 Å². The van der Waals surface area contributed by atoms with E-state index in [4.69, 9.17) is 4.42 Å². The fourth-order valence-electron chi connectivity index (χ4n) is 11.5. The Hall–Kier alpha value is -5.86. The summed E-state index contributed by atoms with van der Waals surface area (Å²) in [4.78, 5) is 2.41. The molecule has 8 aromatic rings. The molecule has 5 unspecified atom stereocenters. The molecule has 2 heteroatoms. The minimum Gasteiger partial charge on any atom is -0.456 e. The third-order valence-corrected chi connectivity index (χ3v) is 13.6. The Bertz CT molecular complexity index is 2720. The lowest BCUT2D eigenvalue weighted by atomic mass is 9.49. The van der Waals surface area contributed by atoms with Crippen LogP contribution in [0.5, 0.6) is 0 Å². The fourth-order valence-corrected chi connectivity index (χ4v) is 11.5. The maximum Gasteiger partial charge on any atom is 0.137 e. The van der Waals surface area contributed by atoms with Crippen molar-refractivity contribution in [3.63, 3.8) is 0 Å². The van der Waals surface area contributed by atoms with E-state index in [1.54, 1.807) is 11.1 Å². The Balaban J connectivity index is 1.08. The van der Waals surface area contributed by atoms with E-state index in [1.165, 1.54) is 59.1 Å². The first-order valence-electron chi connectivity index (χ1n) is 20.3. The zero-order chi connectivity index (χ0) is 36.7. The Kier molecular flexibility index (Phi) is 7.46. The molecule has 3 aliphatic carbocycles. The first-order valence-corrected chi connectivity index (χ1v) is 20.3. The fraction of sp³-hybridized carbons (Fsp3) is 0.208. The van der Waals surface area contributed by atoms with Gasteiger partial charge in [0.2, 0.25) is 0 Å². The van der Waals surface area contributed by atoms with Crippen LogP contribution in [0, 0.1) is 23.7 Å². The van der Waals surface area contributed by atoms with Crippen molar-refractivity contribution in [2.45, 2.75) is 44.9 Å². The highest BCUT2D eigenvalue weighted by atomic mass is 16.3. The largest absolute Gasteiger partial charge is 0.456 e. The number of furan rings is 1. The standard InChI is InChI=1S/C53H45NO/c1-34-28-36-30-35(2)53(40(29-34)31-36)48-17-9-6-15-44(48)47-32-39(22-27-49(47)53)43-14-7-10-18-50(43)54(41-23-20-38(21-24-41)37-12-4-3-5-13-37)42-25-26-46-45-16-8-11-19-51(45)55-52(46)33-42/h3-27,32-36,40H,28-31H2,1-2H3. The van der Waals surface area contributed by atoms with E-state index in [0.29, 0.717) is 11.8 Å². The summed E-state index contributed by atoms with van der Waals surface area (Å²) in [5.41, 5.74) is 16.1. The highest BCUT2D eigenvalue weighted by Crippen LogP contribution is 2.64. The second kappa shape index (κ2) is 12.6. The number of benzene rings is 7. The van der Waals surface area contributed by atoms with Gasteiger partial charge in [-0.2, -0.15) is 0 Å². The van der Waals surface area contributed by atoms with Crippen LogP contribution < -0.4 is 4.90 Å². The molecule has 0 aliphatic heterocycles. The Morgan fingerprint density at radius 1 is 0.491 bits per heavy atom. The molecule has 2 fully saturated rings. The molecule has 268 valence electrons. The van der Waals surface area contributed by atoms with Crippen molar-refractivity contribution in [1.82, 2.24) is 0 Å². The Morgan fingerprint density at radius 3 is 2.04 bits per heavy atom. The molecule has 0 amide bonds. The number of hydrogen-bond acceptors (Lipinski definition) is 2. The van der Waals surface area contributed by atoms with Crippen LogP contribution in [0.15, 0.2) is 168 Å². The molecule has 5 atom stereocenters. The van der Waals surface area contributed by atoms with Crippen LogP contribution in [-0.4, -0.2) is 0 Å². The van der Waals surface area contributed by atoms with Gasteiger partial charge in [0.15, 0.2) is 0 Å². The first-order chi connectivity index (χ1) is 27.1. The normalized spacial score (nSPS) is 22.5. The molecular formula is C53H45NO. The van der Waals surface area contributed by atoms with Crippen LogP contribution in [0.2, 0.25) is 0 Å². The number of anilines is 3. The predicted octanol–water partition coefficient (Wildman–Crippen LogP) is 14.7. The second-order valence-electron chi connectivity index (χ2n) is 16.7. The summed E-state index contributed by atoms with van der Waals surface area (Å²) < 4.78 is 6.46. The van der Waals surface area contributed by atoms with E-state index in [0.717, 1.165) is 50.8 Å². The van der Waals surface area contributed by atoms with Crippen molar-refractivity contribution in [2.24, 2.45) is 23.7 Å². The van der Waals surface area contributed by atoms with Gasteiger partial charge in [-0.25, -0.2) is 0 Å². The van der Waals surface area contributed by atoms with Crippen LogP contribution >= 0.6 is 0 Å². The summed E-state index contributed by atoms with van der Waals surface area (Å²) in [6, 6.07) is 60.4. The van der Waals surface area contributed by atoms with E-state index in [1.807, 2.05) is 6.07 Å². The second-order valence-corrected chi connectivity index (χ2v) is 16.7. The molecule has 1 heterocycles. The van der Waals surface area contributed by atoms with Crippen molar-refractivity contribution >= 4 is 39.0 Å². The lowest BCUT2D eigenvalue weighted by molar-refractivity contribution is 0.0426. The van der Waals surface area contributed by atoms with Crippen LogP contribution in [0.25, 0.3) is 55.3 Å².